The van der Waals surface area contributed by atoms with Crippen LogP contribution >= 0.6 is 0 Å². The molecule has 0 spiro atoms. The van der Waals surface area contributed by atoms with Crippen LogP contribution in [-0.2, 0) is 26.1 Å². The van der Waals surface area contributed by atoms with Gasteiger partial charge in [0.1, 0.15) is 10.9 Å². The number of esters is 1. The standard InChI is InChI=1S/C17H21N3O4S/c1-2-24-17(21)16-9-6-10-20(16)25(22,23)15-11-18-19(13-15)12-14-7-4-3-5-8-14/h3-5,7-8,11,13,16H,2,6,9-10,12H2,1H3/t16-/m1/s1. The summed E-state index contributed by atoms with van der Waals surface area (Å²) in [7, 11) is -3.77. The molecule has 7 nitrogen and oxygen atoms in total. The van der Waals surface area contributed by atoms with E-state index in [-0.39, 0.29) is 11.5 Å². The molecule has 2 heterocycles. The quantitative estimate of drug-likeness (QED) is 0.729. The summed E-state index contributed by atoms with van der Waals surface area (Å²) >= 11 is 0. The van der Waals surface area contributed by atoms with E-state index >= 15 is 0 Å². The Morgan fingerprint density at radius 3 is 2.80 bits per heavy atom. The fraction of sp³-hybridized carbons (Fsp3) is 0.412. The van der Waals surface area contributed by atoms with Gasteiger partial charge >= 0.3 is 5.97 Å². The zero-order valence-electron chi connectivity index (χ0n) is 14.0. The van der Waals surface area contributed by atoms with Gasteiger partial charge in [-0.15, -0.1) is 0 Å². The molecular formula is C17H21N3O4S. The number of carbonyl (C=O) groups is 1. The van der Waals surface area contributed by atoms with Crippen molar-refractivity contribution in [1.29, 1.82) is 0 Å². The first-order valence-electron chi connectivity index (χ1n) is 8.27. The van der Waals surface area contributed by atoms with Crippen LogP contribution < -0.4 is 0 Å². The maximum Gasteiger partial charge on any atom is 0.324 e. The van der Waals surface area contributed by atoms with Gasteiger partial charge in [-0.05, 0) is 25.3 Å². The van der Waals surface area contributed by atoms with Crippen molar-refractivity contribution in [2.45, 2.75) is 37.2 Å². The van der Waals surface area contributed by atoms with Crippen LogP contribution in [0.25, 0.3) is 0 Å². The van der Waals surface area contributed by atoms with E-state index in [4.69, 9.17) is 4.74 Å². The average molecular weight is 363 g/mol. The van der Waals surface area contributed by atoms with Crippen molar-refractivity contribution in [2.24, 2.45) is 0 Å². The summed E-state index contributed by atoms with van der Waals surface area (Å²) in [4.78, 5) is 12.1. The molecular weight excluding hydrogens is 342 g/mol. The predicted octanol–water partition coefficient (Wildman–Crippen LogP) is 1.65. The topological polar surface area (TPSA) is 81.5 Å². The van der Waals surface area contributed by atoms with Gasteiger partial charge in [0, 0.05) is 12.7 Å². The molecule has 0 aliphatic carbocycles. The molecule has 1 saturated heterocycles. The lowest BCUT2D eigenvalue weighted by atomic mass is 10.2. The molecule has 1 aromatic heterocycles. The van der Waals surface area contributed by atoms with Crippen LogP contribution in [0.3, 0.4) is 0 Å². The Hall–Kier alpha value is -2.19. The Labute approximate surface area is 147 Å². The molecule has 25 heavy (non-hydrogen) atoms. The second-order valence-corrected chi connectivity index (χ2v) is 7.78. The molecule has 0 unspecified atom stereocenters. The molecule has 0 saturated carbocycles. The van der Waals surface area contributed by atoms with Gasteiger partial charge < -0.3 is 4.74 Å². The van der Waals surface area contributed by atoms with Crippen molar-refractivity contribution in [3.63, 3.8) is 0 Å². The number of sulfonamides is 1. The summed E-state index contributed by atoms with van der Waals surface area (Å²) in [5.41, 5.74) is 1.03. The minimum Gasteiger partial charge on any atom is -0.465 e. The second kappa shape index (κ2) is 7.37. The Kier molecular flexibility index (Phi) is 5.19. The average Bonchev–Trinajstić information content (AvgIpc) is 3.26. The SMILES string of the molecule is CCOC(=O)[C@H]1CCCN1S(=O)(=O)c1cnn(Cc2ccccc2)c1. The minimum absolute atomic E-state index is 0.0969. The first-order chi connectivity index (χ1) is 12.0. The Balaban J connectivity index is 1.79. The molecule has 8 heteroatoms. The van der Waals surface area contributed by atoms with Crippen LogP contribution in [0.2, 0.25) is 0 Å². The number of carbonyl (C=O) groups excluding carboxylic acids is 1. The first kappa shape index (κ1) is 17.6. The van der Waals surface area contributed by atoms with E-state index in [0.29, 0.717) is 25.9 Å². The van der Waals surface area contributed by atoms with Crippen LogP contribution in [0.15, 0.2) is 47.6 Å². The van der Waals surface area contributed by atoms with Crippen molar-refractivity contribution in [3.05, 3.63) is 48.3 Å². The van der Waals surface area contributed by atoms with Gasteiger partial charge in [-0.1, -0.05) is 30.3 Å². The highest BCUT2D eigenvalue weighted by Crippen LogP contribution is 2.26. The molecule has 3 rings (SSSR count). The minimum atomic E-state index is -3.77. The third kappa shape index (κ3) is 3.74. The summed E-state index contributed by atoms with van der Waals surface area (Å²) in [6, 6.07) is 8.92. The predicted molar refractivity (Wildman–Crippen MR) is 91.3 cm³/mol. The normalized spacial score (nSPS) is 18.4. The number of nitrogens with zero attached hydrogens (tertiary/aromatic N) is 3. The zero-order valence-corrected chi connectivity index (χ0v) is 14.9. The fourth-order valence-electron chi connectivity index (χ4n) is 2.97. The highest BCUT2D eigenvalue weighted by molar-refractivity contribution is 7.89. The van der Waals surface area contributed by atoms with Gasteiger partial charge in [0.05, 0.1) is 19.3 Å². The van der Waals surface area contributed by atoms with Crippen LogP contribution in [0, 0.1) is 0 Å². The molecule has 1 aliphatic rings. The summed E-state index contributed by atoms with van der Waals surface area (Å²) in [6.07, 6.45) is 3.96. The van der Waals surface area contributed by atoms with Crippen molar-refractivity contribution < 1.29 is 17.9 Å². The monoisotopic (exact) mass is 363 g/mol. The summed E-state index contributed by atoms with van der Waals surface area (Å²) < 4.78 is 33.6. The van der Waals surface area contributed by atoms with E-state index in [1.165, 1.54) is 16.7 Å². The molecule has 0 radical (unpaired) electrons. The van der Waals surface area contributed by atoms with Gasteiger partial charge in [0.2, 0.25) is 10.0 Å². The molecule has 0 amide bonds. The number of ether oxygens (including phenoxy) is 1. The van der Waals surface area contributed by atoms with Gasteiger partial charge in [0.15, 0.2) is 0 Å². The lowest BCUT2D eigenvalue weighted by Gasteiger charge is -2.21. The Morgan fingerprint density at radius 2 is 2.08 bits per heavy atom. The Morgan fingerprint density at radius 1 is 1.32 bits per heavy atom. The van der Waals surface area contributed by atoms with E-state index in [2.05, 4.69) is 5.10 Å². The number of rotatable bonds is 6. The van der Waals surface area contributed by atoms with E-state index in [0.717, 1.165) is 5.56 Å². The van der Waals surface area contributed by atoms with Crippen LogP contribution in [0.5, 0.6) is 0 Å². The lowest BCUT2D eigenvalue weighted by molar-refractivity contribution is -0.146. The number of aromatic nitrogens is 2. The maximum absolute atomic E-state index is 12.9. The smallest absolute Gasteiger partial charge is 0.324 e. The van der Waals surface area contributed by atoms with Crippen molar-refractivity contribution in [2.75, 3.05) is 13.2 Å². The van der Waals surface area contributed by atoms with Crippen LogP contribution in [0.1, 0.15) is 25.3 Å². The molecule has 1 aromatic carbocycles. The first-order valence-corrected chi connectivity index (χ1v) is 9.71. The molecule has 1 aliphatic heterocycles. The summed E-state index contributed by atoms with van der Waals surface area (Å²) in [5, 5.41) is 4.15. The molecule has 0 bridgehead atoms. The largest absolute Gasteiger partial charge is 0.465 e. The molecule has 134 valence electrons. The van der Waals surface area contributed by atoms with Gasteiger partial charge in [-0.25, -0.2) is 8.42 Å². The van der Waals surface area contributed by atoms with E-state index in [1.54, 1.807) is 11.6 Å². The van der Waals surface area contributed by atoms with E-state index in [1.807, 2.05) is 30.3 Å². The Bertz CT molecular complexity index is 833. The van der Waals surface area contributed by atoms with Crippen molar-refractivity contribution in [3.8, 4) is 0 Å². The number of hydrogen-bond donors (Lipinski definition) is 0. The van der Waals surface area contributed by atoms with E-state index < -0.39 is 22.0 Å². The summed E-state index contributed by atoms with van der Waals surface area (Å²) in [6.45, 7) is 2.74. The molecule has 0 N–H and O–H groups in total. The third-order valence-electron chi connectivity index (χ3n) is 4.17. The number of benzene rings is 1. The number of hydrogen-bond acceptors (Lipinski definition) is 5. The third-order valence-corrected chi connectivity index (χ3v) is 6.03. The molecule has 1 atom stereocenters. The highest BCUT2D eigenvalue weighted by atomic mass is 32.2. The fourth-order valence-corrected chi connectivity index (χ4v) is 4.57. The molecule has 1 fully saturated rings. The zero-order chi connectivity index (χ0) is 17.9. The second-order valence-electron chi connectivity index (χ2n) is 5.89. The molecule has 2 aromatic rings. The summed E-state index contributed by atoms with van der Waals surface area (Å²) in [5.74, 6) is -0.486. The maximum atomic E-state index is 12.9. The van der Waals surface area contributed by atoms with Gasteiger partial charge in [0.25, 0.3) is 0 Å². The van der Waals surface area contributed by atoms with Gasteiger partial charge in [-0.3, -0.25) is 9.48 Å². The van der Waals surface area contributed by atoms with Crippen LogP contribution in [-0.4, -0.2) is 47.7 Å². The van der Waals surface area contributed by atoms with Crippen molar-refractivity contribution >= 4 is 16.0 Å². The van der Waals surface area contributed by atoms with Crippen molar-refractivity contribution in [1.82, 2.24) is 14.1 Å². The lowest BCUT2D eigenvalue weighted by Crippen LogP contribution is -2.41. The van der Waals surface area contributed by atoms with E-state index in [9.17, 15) is 13.2 Å². The van der Waals surface area contributed by atoms with Gasteiger partial charge in [-0.2, -0.15) is 9.40 Å². The highest BCUT2D eigenvalue weighted by Gasteiger charge is 2.40. The van der Waals surface area contributed by atoms with Crippen LogP contribution in [0.4, 0.5) is 0 Å².